The summed E-state index contributed by atoms with van der Waals surface area (Å²) in [6.07, 6.45) is 3.31. The van der Waals surface area contributed by atoms with Crippen molar-refractivity contribution in [2.75, 3.05) is 12.4 Å². The Balaban J connectivity index is 1.60. The minimum absolute atomic E-state index is 0.158. The van der Waals surface area contributed by atoms with E-state index >= 15 is 0 Å². The molecular weight excluding hydrogens is 401 g/mol. The predicted octanol–water partition coefficient (Wildman–Crippen LogP) is 5.22. The summed E-state index contributed by atoms with van der Waals surface area (Å²) in [7, 11) is 0. The smallest absolute Gasteiger partial charge is 0.223 e. The zero-order valence-electron chi connectivity index (χ0n) is 15.9. The molecule has 0 fully saturated rings. The second-order valence-electron chi connectivity index (χ2n) is 6.31. The maximum absolute atomic E-state index is 13.4. The Morgan fingerprint density at radius 3 is 2.33 bits per heavy atom. The first-order valence-corrected chi connectivity index (χ1v) is 10.3. The van der Waals surface area contributed by atoms with Crippen molar-refractivity contribution in [1.82, 2.24) is 15.0 Å². The second-order valence-corrected chi connectivity index (χ2v) is 7.37. The Morgan fingerprint density at radius 1 is 0.867 bits per heavy atom. The molecule has 0 spiro atoms. The highest BCUT2D eigenvalue weighted by molar-refractivity contribution is 7.99. The van der Waals surface area contributed by atoms with Gasteiger partial charge in [0.2, 0.25) is 5.88 Å². The highest BCUT2D eigenvalue weighted by atomic mass is 32.2. The lowest BCUT2D eigenvalue weighted by Crippen LogP contribution is -2.02. The molecule has 2 aromatic heterocycles. The van der Waals surface area contributed by atoms with E-state index in [1.54, 1.807) is 24.5 Å². The molecule has 2 heterocycles. The largest absolute Gasteiger partial charge is 0.493 e. The summed E-state index contributed by atoms with van der Waals surface area (Å²) < 4.78 is 19.1. The number of hydrogen-bond donors (Lipinski definition) is 1. The van der Waals surface area contributed by atoms with Crippen LogP contribution in [0.1, 0.15) is 0 Å². The molecule has 1 N–H and O–H groups in total. The topological polar surface area (TPSA) is 68.1 Å². The number of aromatic nitrogens is 3. The van der Waals surface area contributed by atoms with Crippen molar-refractivity contribution in [2.24, 2.45) is 0 Å². The van der Waals surface area contributed by atoms with E-state index in [0.717, 1.165) is 11.3 Å². The van der Waals surface area contributed by atoms with Crippen LogP contribution in [0.25, 0.3) is 22.4 Å². The number of benzene rings is 2. The first-order valence-electron chi connectivity index (χ1n) is 9.29. The predicted molar refractivity (Wildman–Crippen MR) is 115 cm³/mol. The fourth-order valence-electron chi connectivity index (χ4n) is 2.90. The number of ether oxygens (including phenoxy) is 1. The van der Waals surface area contributed by atoms with Gasteiger partial charge >= 0.3 is 0 Å². The van der Waals surface area contributed by atoms with Crippen molar-refractivity contribution >= 4 is 11.8 Å². The van der Waals surface area contributed by atoms with E-state index < -0.39 is 0 Å². The van der Waals surface area contributed by atoms with Crippen molar-refractivity contribution in [1.29, 1.82) is 0 Å². The zero-order valence-corrected chi connectivity index (χ0v) is 16.7. The zero-order chi connectivity index (χ0) is 20.8. The molecule has 0 saturated heterocycles. The fourth-order valence-corrected chi connectivity index (χ4v) is 3.56. The van der Waals surface area contributed by atoms with Crippen molar-refractivity contribution in [3.8, 4) is 34.0 Å². The van der Waals surface area contributed by atoms with Gasteiger partial charge in [-0.3, -0.25) is 4.98 Å². The third-order valence-corrected chi connectivity index (χ3v) is 5.09. The van der Waals surface area contributed by atoms with Crippen molar-refractivity contribution < 1.29 is 14.2 Å². The maximum atomic E-state index is 13.4. The lowest BCUT2D eigenvalue weighted by Gasteiger charge is -2.13. The van der Waals surface area contributed by atoms with Crippen molar-refractivity contribution in [2.45, 2.75) is 5.16 Å². The van der Waals surface area contributed by atoms with Crippen LogP contribution in [0.3, 0.4) is 0 Å². The van der Waals surface area contributed by atoms with Gasteiger partial charge in [-0.1, -0.05) is 42.1 Å². The van der Waals surface area contributed by atoms with Gasteiger partial charge in [-0.05, 0) is 42.0 Å². The van der Waals surface area contributed by atoms with Crippen LogP contribution in [0.15, 0.2) is 84.3 Å². The van der Waals surface area contributed by atoms with E-state index in [1.165, 1.54) is 23.9 Å². The molecule has 0 aliphatic carbocycles. The Bertz CT molecular complexity index is 1110. The molecule has 30 heavy (non-hydrogen) atoms. The molecule has 5 nitrogen and oxygen atoms in total. The molecule has 150 valence electrons. The monoisotopic (exact) mass is 419 g/mol. The van der Waals surface area contributed by atoms with Gasteiger partial charge in [-0.15, -0.1) is 0 Å². The van der Waals surface area contributed by atoms with Crippen molar-refractivity contribution in [3.05, 3.63) is 84.9 Å². The molecular formula is C23H18FN3O2S. The quantitative estimate of drug-likeness (QED) is 0.252. The molecule has 4 aromatic rings. The summed E-state index contributed by atoms with van der Waals surface area (Å²) in [6, 6.07) is 19.0. The van der Waals surface area contributed by atoms with Gasteiger partial charge < -0.3 is 9.84 Å². The summed E-state index contributed by atoms with van der Waals surface area (Å²) >= 11 is 1.39. The van der Waals surface area contributed by atoms with E-state index in [4.69, 9.17) is 4.74 Å². The summed E-state index contributed by atoms with van der Waals surface area (Å²) in [5.74, 6) is 0.899. The molecule has 2 aromatic carbocycles. The number of halogens is 1. The second kappa shape index (κ2) is 9.37. The molecule has 7 heteroatoms. The van der Waals surface area contributed by atoms with Crippen LogP contribution in [-0.2, 0) is 0 Å². The molecule has 0 aliphatic rings. The average molecular weight is 419 g/mol. The number of thioether (sulfide) groups is 1. The number of rotatable bonds is 7. The number of pyridine rings is 1. The fraction of sp³-hybridized carbons (Fsp3) is 0.0870. The Hall–Kier alpha value is -3.45. The molecule has 0 bridgehead atoms. The lowest BCUT2D eigenvalue weighted by molar-refractivity contribution is 0.344. The normalized spacial score (nSPS) is 10.7. The summed E-state index contributed by atoms with van der Waals surface area (Å²) in [6.45, 7) is 0.475. The molecule has 0 aliphatic heterocycles. The molecule has 4 rings (SSSR count). The van der Waals surface area contributed by atoms with E-state index in [-0.39, 0.29) is 11.7 Å². The van der Waals surface area contributed by atoms with Gasteiger partial charge in [0.15, 0.2) is 5.16 Å². The van der Waals surface area contributed by atoms with Gasteiger partial charge in [0.25, 0.3) is 0 Å². The Kier molecular flexibility index (Phi) is 6.20. The third-order valence-electron chi connectivity index (χ3n) is 4.28. The minimum atomic E-state index is -0.352. The SMILES string of the molecule is Oc1nc(SCCOc2ccccc2)nc(-c2ccncc2)c1-c1ccc(F)cc1. The van der Waals surface area contributed by atoms with E-state index in [9.17, 15) is 9.50 Å². The van der Waals surface area contributed by atoms with Crippen LogP contribution >= 0.6 is 11.8 Å². The Morgan fingerprint density at radius 2 is 1.60 bits per heavy atom. The molecule has 0 amide bonds. The van der Waals surface area contributed by atoms with Gasteiger partial charge in [0.1, 0.15) is 11.6 Å². The van der Waals surface area contributed by atoms with Crippen LogP contribution in [0.4, 0.5) is 4.39 Å². The Labute approximate surface area is 177 Å². The first-order chi connectivity index (χ1) is 14.7. The number of para-hydroxylation sites is 1. The average Bonchev–Trinajstić information content (AvgIpc) is 2.78. The van der Waals surface area contributed by atoms with E-state index in [2.05, 4.69) is 15.0 Å². The lowest BCUT2D eigenvalue weighted by atomic mass is 10.0. The standard InChI is InChI=1S/C23H18FN3O2S/c24-18-8-6-16(7-9-18)20-21(17-10-12-25-13-11-17)26-23(27-22(20)28)30-15-14-29-19-4-2-1-3-5-19/h1-13H,14-15H2,(H,26,27,28). The highest BCUT2D eigenvalue weighted by Crippen LogP contribution is 2.37. The number of hydrogen-bond acceptors (Lipinski definition) is 6. The van der Waals surface area contributed by atoms with Crippen LogP contribution in [0.2, 0.25) is 0 Å². The van der Waals surface area contributed by atoms with Gasteiger partial charge in [0, 0.05) is 23.7 Å². The summed E-state index contributed by atoms with van der Waals surface area (Å²) in [5, 5.41) is 11.1. The summed E-state index contributed by atoms with van der Waals surface area (Å²) in [4.78, 5) is 12.9. The van der Waals surface area contributed by atoms with Crippen LogP contribution < -0.4 is 4.74 Å². The summed E-state index contributed by atoms with van der Waals surface area (Å²) in [5.41, 5.74) is 2.42. The third kappa shape index (κ3) is 4.75. The molecule has 0 radical (unpaired) electrons. The minimum Gasteiger partial charge on any atom is -0.493 e. The van der Waals surface area contributed by atoms with Crippen LogP contribution in [-0.4, -0.2) is 32.4 Å². The highest BCUT2D eigenvalue weighted by Gasteiger charge is 2.18. The van der Waals surface area contributed by atoms with Crippen LogP contribution in [0.5, 0.6) is 11.6 Å². The first kappa shape index (κ1) is 19.8. The van der Waals surface area contributed by atoms with E-state index in [1.807, 2.05) is 42.5 Å². The van der Waals surface area contributed by atoms with E-state index in [0.29, 0.717) is 34.3 Å². The van der Waals surface area contributed by atoms with Crippen molar-refractivity contribution in [3.63, 3.8) is 0 Å². The number of nitrogens with zero attached hydrogens (tertiary/aromatic N) is 3. The maximum Gasteiger partial charge on any atom is 0.223 e. The van der Waals surface area contributed by atoms with Gasteiger partial charge in [-0.2, -0.15) is 4.98 Å². The van der Waals surface area contributed by atoms with Crippen LogP contribution in [0, 0.1) is 5.82 Å². The molecule has 0 unspecified atom stereocenters. The van der Waals surface area contributed by atoms with Gasteiger partial charge in [-0.25, -0.2) is 9.37 Å². The number of aromatic hydroxyl groups is 1. The molecule has 0 atom stereocenters. The van der Waals surface area contributed by atoms with Gasteiger partial charge in [0.05, 0.1) is 17.9 Å². The molecule has 0 saturated carbocycles.